The third-order valence-corrected chi connectivity index (χ3v) is 4.24. The van der Waals surface area contributed by atoms with Gasteiger partial charge in [0.25, 0.3) is 0 Å². The van der Waals surface area contributed by atoms with Crippen molar-refractivity contribution < 1.29 is 13.9 Å². The lowest BCUT2D eigenvalue weighted by Gasteiger charge is -2.19. The first-order valence-electron chi connectivity index (χ1n) is 8.20. The number of furan rings is 1. The molecular formula is C19H19N3O3. The molecule has 3 aromatic rings. The standard InChI is InChI=1S/C19H19N3O3/c1-12-3-6-17-16(7-12)19-14(11-24-17)8-21-22(19)10-18(23)20-9-15-5-4-13(2)25-15/h3-8H,9-11H2,1-2H3,(H,20,23). The van der Waals surface area contributed by atoms with E-state index in [0.29, 0.717) is 13.2 Å². The second-order valence-corrected chi connectivity index (χ2v) is 6.25. The number of benzene rings is 1. The Balaban J connectivity index is 1.53. The van der Waals surface area contributed by atoms with Gasteiger partial charge < -0.3 is 14.5 Å². The van der Waals surface area contributed by atoms with Gasteiger partial charge in [-0.3, -0.25) is 9.48 Å². The Morgan fingerprint density at radius 3 is 2.96 bits per heavy atom. The summed E-state index contributed by atoms with van der Waals surface area (Å²) in [5.74, 6) is 2.28. The molecule has 4 rings (SSSR count). The van der Waals surface area contributed by atoms with Crippen LogP contribution in [0.2, 0.25) is 0 Å². The van der Waals surface area contributed by atoms with Crippen molar-refractivity contribution in [1.82, 2.24) is 15.1 Å². The van der Waals surface area contributed by atoms with Gasteiger partial charge in [0.15, 0.2) is 0 Å². The van der Waals surface area contributed by atoms with E-state index in [1.165, 1.54) is 0 Å². The van der Waals surface area contributed by atoms with E-state index >= 15 is 0 Å². The van der Waals surface area contributed by atoms with Crippen LogP contribution in [0, 0.1) is 13.8 Å². The number of carbonyl (C=O) groups is 1. The molecular weight excluding hydrogens is 318 g/mol. The molecule has 3 heterocycles. The number of nitrogens with one attached hydrogen (secondary N) is 1. The summed E-state index contributed by atoms with van der Waals surface area (Å²) in [7, 11) is 0. The number of nitrogens with zero attached hydrogens (tertiary/aromatic N) is 2. The lowest BCUT2D eigenvalue weighted by Crippen LogP contribution is -2.28. The van der Waals surface area contributed by atoms with E-state index < -0.39 is 0 Å². The molecule has 0 bridgehead atoms. The lowest BCUT2D eigenvalue weighted by atomic mass is 10.0. The topological polar surface area (TPSA) is 69.3 Å². The second kappa shape index (κ2) is 6.12. The van der Waals surface area contributed by atoms with Gasteiger partial charge in [-0.05, 0) is 38.1 Å². The highest BCUT2D eigenvalue weighted by atomic mass is 16.5. The molecule has 0 aliphatic carbocycles. The number of hydrogen-bond acceptors (Lipinski definition) is 4. The number of amides is 1. The summed E-state index contributed by atoms with van der Waals surface area (Å²) in [5.41, 5.74) is 4.07. The number of hydrogen-bond donors (Lipinski definition) is 1. The van der Waals surface area contributed by atoms with E-state index in [1.807, 2.05) is 38.1 Å². The molecule has 6 nitrogen and oxygen atoms in total. The zero-order chi connectivity index (χ0) is 17.4. The van der Waals surface area contributed by atoms with Gasteiger partial charge >= 0.3 is 0 Å². The molecule has 6 heteroatoms. The zero-order valence-corrected chi connectivity index (χ0v) is 14.2. The maximum absolute atomic E-state index is 12.3. The van der Waals surface area contributed by atoms with Crippen molar-refractivity contribution in [3.63, 3.8) is 0 Å². The van der Waals surface area contributed by atoms with Gasteiger partial charge in [0, 0.05) is 11.1 Å². The van der Waals surface area contributed by atoms with Gasteiger partial charge in [-0.15, -0.1) is 0 Å². The maximum Gasteiger partial charge on any atom is 0.242 e. The molecule has 0 saturated carbocycles. The fourth-order valence-corrected chi connectivity index (χ4v) is 3.03. The SMILES string of the molecule is Cc1ccc2c(c1)-c1c(cnn1CC(=O)NCc1ccc(C)o1)CO2. The lowest BCUT2D eigenvalue weighted by molar-refractivity contribution is -0.122. The summed E-state index contributed by atoms with van der Waals surface area (Å²) in [6.07, 6.45) is 1.77. The van der Waals surface area contributed by atoms with Crippen molar-refractivity contribution in [3.05, 3.63) is 59.2 Å². The summed E-state index contributed by atoms with van der Waals surface area (Å²) in [4.78, 5) is 12.3. The van der Waals surface area contributed by atoms with Crippen molar-refractivity contribution in [3.8, 4) is 17.0 Å². The predicted molar refractivity (Wildman–Crippen MR) is 92.0 cm³/mol. The summed E-state index contributed by atoms with van der Waals surface area (Å²) in [6.45, 7) is 4.91. The molecule has 1 aliphatic heterocycles. The van der Waals surface area contributed by atoms with Crippen molar-refractivity contribution in [2.24, 2.45) is 0 Å². The second-order valence-electron chi connectivity index (χ2n) is 6.25. The first kappa shape index (κ1) is 15.5. The molecule has 1 N–H and O–H groups in total. The maximum atomic E-state index is 12.3. The number of carbonyl (C=O) groups excluding carboxylic acids is 1. The van der Waals surface area contributed by atoms with E-state index in [0.717, 1.165) is 39.7 Å². The summed E-state index contributed by atoms with van der Waals surface area (Å²) < 4.78 is 13.0. The number of fused-ring (bicyclic) bond motifs is 3. The van der Waals surface area contributed by atoms with Crippen LogP contribution in [-0.2, 0) is 24.5 Å². The number of ether oxygens (including phenoxy) is 1. The summed E-state index contributed by atoms with van der Waals surface area (Å²) in [6, 6.07) is 9.79. The van der Waals surface area contributed by atoms with Gasteiger partial charge in [0.1, 0.15) is 30.4 Å². The quantitative estimate of drug-likeness (QED) is 0.795. The first-order chi connectivity index (χ1) is 12.1. The molecule has 2 aromatic heterocycles. The van der Waals surface area contributed by atoms with Gasteiger partial charge in [0.2, 0.25) is 5.91 Å². The van der Waals surface area contributed by atoms with Crippen LogP contribution in [-0.4, -0.2) is 15.7 Å². The van der Waals surface area contributed by atoms with E-state index in [2.05, 4.69) is 16.5 Å². The number of rotatable bonds is 4. The van der Waals surface area contributed by atoms with Gasteiger partial charge in [-0.25, -0.2) is 0 Å². The Bertz CT molecular complexity index is 939. The molecule has 0 saturated heterocycles. The molecule has 0 unspecified atom stereocenters. The number of aromatic nitrogens is 2. The van der Waals surface area contributed by atoms with Gasteiger partial charge in [-0.1, -0.05) is 11.6 Å². The summed E-state index contributed by atoms with van der Waals surface area (Å²) in [5, 5.41) is 7.25. The van der Waals surface area contributed by atoms with Crippen molar-refractivity contribution in [1.29, 1.82) is 0 Å². The average Bonchev–Trinajstić information content (AvgIpc) is 3.19. The Kier molecular flexibility index (Phi) is 3.80. The minimum absolute atomic E-state index is 0.111. The highest BCUT2D eigenvalue weighted by Crippen LogP contribution is 2.37. The van der Waals surface area contributed by atoms with E-state index in [4.69, 9.17) is 9.15 Å². The van der Waals surface area contributed by atoms with Gasteiger partial charge in [-0.2, -0.15) is 5.10 Å². The smallest absolute Gasteiger partial charge is 0.242 e. The molecule has 25 heavy (non-hydrogen) atoms. The fourth-order valence-electron chi connectivity index (χ4n) is 3.03. The van der Waals surface area contributed by atoms with Crippen molar-refractivity contribution in [2.45, 2.75) is 33.5 Å². The highest BCUT2D eigenvalue weighted by molar-refractivity contribution is 5.78. The minimum Gasteiger partial charge on any atom is -0.488 e. The molecule has 0 fully saturated rings. The number of aryl methyl sites for hydroxylation is 2. The molecule has 0 spiro atoms. The Morgan fingerprint density at radius 2 is 2.16 bits per heavy atom. The zero-order valence-electron chi connectivity index (χ0n) is 14.2. The average molecular weight is 337 g/mol. The van der Waals surface area contributed by atoms with Crippen LogP contribution in [0.4, 0.5) is 0 Å². The normalized spacial score (nSPS) is 12.2. The van der Waals surface area contributed by atoms with Gasteiger partial charge in [0.05, 0.1) is 18.4 Å². The van der Waals surface area contributed by atoms with Crippen LogP contribution in [0.5, 0.6) is 5.75 Å². The Morgan fingerprint density at radius 1 is 1.28 bits per heavy atom. The summed E-state index contributed by atoms with van der Waals surface area (Å²) >= 11 is 0. The molecule has 1 aromatic carbocycles. The molecule has 0 radical (unpaired) electrons. The third-order valence-electron chi connectivity index (χ3n) is 4.24. The molecule has 0 atom stereocenters. The highest BCUT2D eigenvalue weighted by Gasteiger charge is 2.23. The first-order valence-corrected chi connectivity index (χ1v) is 8.20. The van der Waals surface area contributed by atoms with Crippen LogP contribution in [0.15, 0.2) is 40.9 Å². The van der Waals surface area contributed by atoms with Crippen molar-refractivity contribution >= 4 is 5.91 Å². The van der Waals surface area contributed by atoms with Crippen LogP contribution in [0.1, 0.15) is 22.6 Å². The Hall–Kier alpha value is -3.02. The predicted octanol–water partition coefficient (Wildman–Crippen LogP) is 2.97. The largest absolute Gasteiger partial charge is 0.488 e. The Labute approximate surface area is 145 Å². The van der Waals surface area contributed by atoms with E-state index in [9.17, 15) is 4.79 Å². The van der Waals surface area contributed by atoms with Crippen LogP contribution >= 0.6 is 0 Å². The molecule has 1 amide bonds. The van der Waals surface area contributed by atoms with Crippen LogP contribution in [0.25, 0.3) is 11.3 Å². The fraction of sp³-hybridized carbons (Fsp3) is 0.263. The van der Waals surface area contributed by atoms with Crippen LogP contribution in [0.3, 0.4) is 0 Å². The molecule has 128 valence electrons. The van der Waals surface area contributed by atoms with E-state index in [-0.39, 0.29) is 12.5 Å². The van der Waals surface area contributed by atoms with Crippen LogP contribution < -0.4 is 10.1 Å². The van der Waals surface area contributed by atoms with E-state index in [1.54, 1.807) is 10.9 Å². The van der Waals surface area contributed by atoms with Crippen molar-refractivity contribution in [2.75, 3.05) is 0 Å². The molecule has 1 aliphatic rings. The third kappa shape index (κ3) is 3.03. The minimum atomic E-state index is -0.111. The monoisotopic (exact) mass is 337 g/mol.